The van der Waals surface area contributed by atoms with E-state index >= 15 is 0 Å². The lowest BCUT2D eigenvalue weighted by Gasteiger charge is -2.34. The van der Waals surface area contributed by atoms with Gasteiger partial charge in [0.05, 0.1) is 13.2 Å². The summed E-state index contributed by atoms with van der Waals surface area (Å²) in [6, 6.07) is 3.75. The molecule has 1 aromatic carbocycles. The fourth-order valence-electron chi connectivity index (χ4n) is 3.35. The predicted molar refractivity (Wildman–Crippen MR) is 88.3 cm³/mol. The Hall–Kier alpha value is -2.41. The van der Waals surface area contributed by atoms with Crippen molar-refractivity contribution in [2.45, 2.75) is 39.3 Å². The Bertz CT molecular complexity index is 786. The number of aryl methyl sites for hydroxylation is 3. The van der Waals surface area contributed by atoms with Gasteiger partial charge in [-0.15, -0.1) is 10.2 Å². The SMILES string of the molecule is Cc1nnc([C@H]2COCCN2C(=O)[C@H]2Cc3cc(C)c(C)cc3O2)o1. The van der Waals surface area contributed by atoms with E-state index < -0.39 is 6.10 Å². The third-order valence-corrected chi connectivity index (χ3v) is 4.87. The summed E-state index contributed by atoms with van der Waals surface area (Å²) < 4.78 is 17.0. The Morgan fingerprint density at radius 3 is 2.76 bits per heavy atom. The smallest absolute Gasteiger partial charge is 0.264 e. The monoisotopic (exact) mass is 343 g/mol. The molecule has 0 unspecified atom stereocenters. The molecule has 0 spiro atoms. The van der Waals surface area contributed by atoms with Crippen LogP contribution in [0.15, 0.2) is 16.5 Å². The van der Waals surface area contributed by atoms with Crippen molar-refractivity contribution in [2.75, 3.05) is 19.8 Å². The van der Waals surface area contributed by atoms with E-state index in [1.165, 1.54) is 5.56 Å². The second-order valence-corrected chi connectivity index (χ2v) is 6.64. The zero-order chi connectivity index (χ0) is 17.6. The second-order valence-electron chi connectivity index (χ2n) is 6.64. The van der Waals surface area contributed by atoms with E-state index in [9.17, 15) is 4.79 Å². The summed E-state index contributed by atoms with van der Waals surface area (Å²) in [5, 5.41) is 7.92. The van der Waals surface area contributed by atoms with Gasteiger partial charge in [0, 0.05) is 19.9 Å². The summed E-state index contributed by atoms with van der Waals surface area (Å²) in [5.74, 6) is 1.63. The Balaban J connectivity index is 1.55. The van der Waals surface area contributed by atoms with Crippen molar-refractivity contribution in [2.24, 2.45) is 0 Å². The number of benzene rings is 1. The molecule has 25 heavy (non-hydrogen) atoms. The quantitative estimate of drug-likeness (QED) is 0.829. The van der Waals surface area contributed by atoms with E-state index in [1.807, 2.05) is 13.0 Å². The molecule has 3 heterocycles. The van der Waals surface area contributed by atoms with Crippen LogP contribution in [0, 0.1) is 20.8 Å². The molecule has 1 fully saturated rings. The molecule has 0 aliphatic carbocycles. The van der Waals surface area contributed by atoms with Gasteiger partial charge in [-0.3, -0.25) is 4.79 Å². The summed E-state index contributed by atoms with van der Waals surface area (Å²) in [5.41, 5.74) is 3.46. The number of fused-ring (bicyclic) bond motifs is 1. The largest absolute Gasteiger partial charge is 0.480 e. The molecule has 7 heteroatoms. The molecule has 4 rings (SSSR count). The number of amides is 1. The number of rotatable bonds is 2. The number of carbonyl (C=O) groups excluding carboxylic acids is 1. The summed E-state index contributed by atoms with van der Waals surface area (Å²) in [7, 11) is 0. The van der Waals surface area contributed by atoms with Crippen molar-refractivity contribution in [3.05, 3.63) is 40.6 Å². The molecule has 7 nitrogen and oxygen atoms in total. The molecule has 0 radical (unpaired) electrons. The van der Waals surface area contributed by atoms with E-state index in [0.29, 0.717) is 38.0 Å². The van der Waals surface area contributed by atoms with Crippen LogP contribution < -0.4 is 4.74 Å². The lowest BCUT2D eigenvalue weighted by atomic mass is 10.0. The molecule has 0 saturated carbocycles. The zero-order valence-corrected chi connectivity index (χ0v) is 14.6. The summed E-state index contributed by atoms with van der Waals surface area (Å²) >= 11 is 0. The minimum Gasteiger partial charge on any atom is -0.480 e. The molecule has 2 aromatic rings. The molecule has 1 amide bonds. The summed E-state index contributed by atoms with van der Waals surface area (Å²) in [6.45, 7) is 7.18. The maximum atomic E-state index is 13.1. The second kappa shape index (κ2) is 6.15. The van der Waals surface area contributed by atoms with Crippen molar-refractivity contribution in [3.8, 4) is 5.75 Å². The number of hydrogen-bond acceptors (Lipinski definition) is 6. The Kier molecular flexibility index (Phi) is 3.95. The minimum atomic E-state index is -0.513. The number of carbonyl (C=O) groups is 1. The van der Waals surface area contributed by atoms with Crippen molar-refractivity contribution < 1.29 is 18.7 Å². The predicted octanol–water partition coefficient (Wildman–Crippen LogP) is 1.90. The Morgan fingerprint density at radius 1 is 1.20 bits per heavy atom. The molecule has 1 aromatic heterocycles. The van der Waals surface area contributed by atoms with Crippen LogP contribution in [-0.2, 0) is 16.0 Å². The first-order chi connectivity index (χ1) is 12.0. The summed E-state index contributed by atoms with van der Waals surface area (Å²) in [4.78, 5) is 14.8. The van der Waals surface area contributed by atoms with E-state index in [0.717, 1.165) is 16.9 Å². The molecule has 0 N–H and O–H groups in total. The number of ether oxygens (including phenoxy) is 2. The van der Waals surface area contributed by atoms with Crippen LogP contribution >= 0.6 is 0 Å². The van der Waals surface area contributed by atoms with Crippen LogP contribution in [0.1, 0.15) is 34.5 Å². The third kappa shape index (κ3) is 2.89. The highest BCUT2D eigenvalue weighted by atomic mass is 16.5. The fourth-order valence-corrected chi connectivity index (χ4v) is 3.35. The third-order valence-electron chi connectivity index (χ3n) is 4.87. The van der Waals surface area contributed by atoms with Gasteiger partial charge >= 0.3 is 0 Å². The first-order valence-electron chi connectivity index (χ1n) is 8.48. The molecule has 0 bridgehead atoms. The average molecular weight is 343 g/mol. The first kappa shape index (κ1) is 16.1. The highest BCUT2D eigenvalue weighted by Gasteiger charge is 2.39. The topological polar surface area (TPSA) is 77.7 Å². The molecule has 1 saturated heterocycles. The van der Waals surface area contributed by atoms with Crippen LogP contribution in [0.5, 0.6) is 5.75 Å². The van der Waals surface area contributed by atoms with Crippen LogP contribution in [0.2, 0.25) is 0 Å². The molecular weight excluding hydrogens is 322 g/mol. The molecule has 132 valence electrons. The molecular formula is C18H21N3O4. The number of nitrogens with zero attached hydrogens (tertiary/aromatic N) is 3. The van der Waals surface area contributed by atoms with Crippen molar-refractivity contribution in [1.82, 2.24) is 15.1 Å². The average Bonchev–Trinajstić information content (AvgIpc) is 3.21. The van der Waals surface area contributed by atoms with Gasteiger partial charge in [0.25, 0.3) is 5.91 Å². The van der Waals surface area contributed by atoms with E-state index in [4.69, 9.17) is 13.9 Å². The lowest BCUT2D eigenvalue weighted by Crippen LogP contribution is -2.49. The number of hydrogen-bond donors (Lipinski definition) is 0. The first-order valence-corrected chi connectivity index (χ1v) is 8.48. The standard InChI is InChI=1S/C18H21N3O4/c1-10-6-13-8-16(25-15(13)7-11(10)2)18(22)21-4-5-23-9-14(21)17-20-19-12(3)24-17/h6-7,14,16H,4-5,8-9H2,1-3H3/t14-,16-/m1/s1. The maximum absolute atomic E-state index is 13.1. The van der Waals surface area contributed by atoms with Crippen molar-refractivity contribution >= 4 is 5.91 Å². The molecule has 2 aliphatic rings. The fraction of sp³-hybridized carbons (Fsp3) is 0.500. The highest BCUT2D eigenvalue weighted by molar-refractivity contribution is 5.83. The van der Waals surface area contributed by atoms with Gasteiger partial charge < -0.3 is 18.8 Å². The zero-order valence-electron chi connectivity index (χ0n) is 14.6. The van der Waals surface area contributed by atoms with Crippen LogP contribution in [0.25, 0.3) is 0 Å². The highest BCUT2D eigenvalue weighted by Crippen LogP contribution is 2.33. The van der Waals surface area contributed by atoms with Gasteiger partial charge in [-0.25, -0.2) is 0 Å². The van der Waals surface area contributed by atoms with Gasteiger partial charge in [0.1, 0.15) is 11.8 Å². The van der Waals surface area contributed by atoms with Crippen molar-refractivity contribution in [3.63, 3.8) is 0 Å². The van der Waals surface area contributed by atoms with Gasteiger partial charge in [0.15, 0.2) is 6.10 Å². The van der Waals surface area contributed by atoms with E-state index in [1.54, 1.807) is 11.8 Å². The van der Waals surface area contributed by atoms with E-state index in [2.05, 4.69) is 23.2 Å². The van der Waals surface area contributed by atoms with Gasteiger partial charge in [-0.05, 0) is 36.6 Å². The number of morpholine rings is 1. The van der Waals surface area contributed by atoms with Gasteiger partial charge in [0.2, 0.25) is 11.8 Å². The molecule has 2 aliphatic heterocycles. The normalized spacial score (nSPS) is 22.6. The summed E-state index contributed by atoms with van der Waals surface area (Å²) in [6.07, 6.45) is 0.0724. The van der Waals surface area contributed by atoms with Gasteiger partial charge in [-0.2, -0.15) is 0 Å². The van der Waals surface area contributed by atoms with Crippen LogP contribution in [0.3, 0.4) is 0 Å². The van der Waals surface area contributed by atoms with Crippen molar-refractivity contribution in [1.29, 1.82) is 0 Å². The Labute approximate surface area is 145 Å². The van der Waals surface area contributed by atoms with Gasteiger partial charge in [-0.1, -0.05) is 6.07 Å². The van der Waals surface area contributed by atoms with Crippen LogP contribution in [-0.4, -0.2) is 46.9 Å². The van der Waals surface area contributed by atoms with E-state index in [-0.39, 0.29) is 11.9 Å². The number of aromatic nitrogens is 2. The lowest BCUT2D eigenvalue weighted by molar-refractivity contribution is -0.148. The maximum Gasteiger partial charge on any atom is 0.264 e. The Morgan fingerprint density at radius 2 is 2.00 bits per heavy atom. The van der Waals surface area contributed by atoms with Crippen LogP contribution in [0.4, 0.5) is 0 Å². The molecule has 2 atom stereocenters. The minimum absolute atomic E-state index is 0.0596.